The van der Waals surface area contributed by atoms with Crippen molar-refractivity contribution < 1.29 is 33.6 Å². The van der Waals surface area contributed by atoms with Crippen molar-refractivity contribution in [3.8, 4) is 0 Å². The summed E-state index contributed by atoms with van der Waals surface area (Å²) in [6, 6.07) is 0. The lowest BCUT2D eigenvalue weighted by Gasteiger charge is -2.53. The van der Waals surface area contributed by atoms with E-state index in [0.717, 1.165) is 6.42 Å². The molecule has 0 bridgehead atoms. The highest BCUT2D eigenvalue weighted by atomic mass is 16.7. The third-order valence-corrected chi connectivity index (χ3v) is 7.40. The molecule has 7 atom stereocenters. The molecule has 7 heteroatoms. The molecule has 4 rings (SSSR count). The van der Waals surface area contributed by atoms with Gasteiger partial charge in [-0.1, -0.05) is 13.0 Å². The van der Waals surface area contributed by atoms with Crippen molar-refractivity contribution in [3.05, 3.63) is 22.8 Å². The third kappa shape index (κ3) is 2.39. The van der Waals surface area contributed by atoms with Gasteiger partial charge in [0.2, 0.25) is 0 Å². The second-order valence-corrected chi connectivity index (χ2v) is 8.58. The number of ether oxygens (including phenoxy) is 4. The van der Waals surface area contributed by atoms with Crippen LogP contribution < -0.4 is 0 Å². The fourth-order valence-corrected chi connectivity index (χ4v) is 5.66. The van der Waals surface area contributed by atoms with Gasteiger partial charge in [0.25, 0.3) is 0 Å². The number of rotatable bonds is 3. The Balaban J connectivity index is 1.74. The number of allylic oxidation sites excluding steroid dienone is 1. The van der Waals surface area contributed by atoms with Gasteiger partial charge in [0.15, 0.2) is 12.1 Å². The summed E-state index contributed by atoms with van der Waals surface area (Å²) in [5, 5.41) is 10.3. The first-order valence-electron chi connectivity index (χ1n) is 9.86. The Morgan fingerprint density at radius 2 is 2.07 bits per heavy atom. The summed E-state index contributed by atoms with van der Waals surface area (Å²) in [7, 11) is 1.55. The SMILES string of the molecule is CC=C(C)C(=O)OC1CCC2CC3(OC)OC(O)C(C)=C3C3OC(=O)C1C23C. The van der Waals surface area contributed by atoms with Crippen molar-refractivity contribution in [1.82, 2.24) is 0 Å². The summed E-state index contributed by atoms with van der Waals surface area (Å²) in [5.74, 6) is -2.30. The molecule has 7 unspecified atom stereocenters. The van der Waals surface area contributed by atoms with Crippen molar-refractivity contribution in [3.63, 3.8) is 0 Å². The number of methoxy groups -OCH3 is 1. The molecule has 0 aromatic heterocycles. The van der Waals surface area contributed by atoms with Gasteiger partial charge in [0, 0.05) is 30.1 Å². The summed E-state index contributed by atoms with van der Waals surface area (Å²) in [4.78, 5) is 25.3. The van der Waals surface area contributed by atoms with E-state index in [2.05, 4.69) is 0 Å². The molecular formula is C21H28O7. The predicted molar refractivity (Wildman–Crippen MR) is 97.7 cm³/mol. The molecule has 154 valence electrons. The van der Waals surface area contributed by atoms with Gasteiger partial charge in [-0.3, -0.25) is 4.79 Å². The standard InChI is InChI=1S/C21H28O7/c1-6-10(2)17(22)26-13-8-7-12-9-21(25-5)14(11(3)18(23)28-21)16-20(12,4)15(13)19(24)27-16/h6,12-13,15-16,18,23H,7-9H2,1-5H3. The molecule has 0 radical (unpaired) electrons. The van der Waals surface area contributed by atoms with Gasteiger partial charge >= 0.3 is 11.9 Å². The van der Waals surface area contributed by atoms with Gasteiger partial charge in [-0.05, 0) is 45.1 Å². The molecule has 0 aromatic rings. The van der Waals surface area contributed by atoms with Gasteiger partial charge in [0.1, 0.15) is 18.1 Å². The zero-order chi connectivity index (χ0) is 20.4. The minimum Gasteiger partial charge on any atom is -0.458 e. The zero-order valence-electron chi connectivity index (χ0n) is 17.0. The second kappa shape index (κ2) is 6.40. The summed E-state index contributed by atoms with van der Waals surface area (Å²) in [6.07, 6.45) is 1.39. The van der Waals surface area contributed by atoms with Crippen LogP contribution in [0.5, 0.6) is 0 Å². The van der Waals surface area contributed by atoms with Crippen LogP contribution >= 0.6 is 0 Å². The second-order valence-electron chi connectivity index (χ2n) is 8.58. The van der Waals surface area contributed by atoms with E-state index in [1.54, 1.807) is 34.0 Å². The number of hydrogen-bond donors (Lipinski definition) is 1. The lowest BCUT2D eigenvalue weighted by molar-refractivity contribution is -0.272. The smallest absolute Gasteiger partial charge is 0.333 e. The monoisotopic (exact) mass is 392 g/mol. The van der Waals surface area contributed by atoms with Crippen LogP contribution in [0.3, 0.4) is 0 Å². The minimum absolute atomic E-state index is 0.0773. The molecular weight excluding hydrogens is 364 g/mol. The van der Waals surface area contributed by atoms with E-state index in [1.807, 2.05) is 6.92 Å². The molecule has 2 saturated carbocycles. The maximum atomic E-state index is 13.0. The van der Waals surface area contributed by atoms with E-state index >= 15 is 0 Å². The largest absolute Gasteiger partial charge is 0.458 e. The van der Waals surface area contributed by atoms with Crippen LogP contribution in [-0.4, -0.2) is 48.4 Å². The number of carbonyl (C=O) groups excluding carboxylic acids is 2. The maximum Gasteiger partial charge on any atom is 0.333 e. The highest BCUT2D eigenvalue weighted by molar-refractivity contribution is 5.88. The number of carbonyl (C=O) groups is 2. The third-order valence-electron chi connectivity index (χ3n) is 7.40. The summed E-state index contributed by atoms with van der Waals surface area (Å²) in [6.45, 7) is 7.29. The molecule has 0 amide bonds. The Morgan fingerprint density at radius 3 is 2.71 bits per heavy atom. The number of aliphatic hydroxyl groups is 1. The highest BCUT2D eigenvalue weighted by Crippen LogP contribution is 2.64. The first-order chi connectivity index (χ1) is 13.2. The summed E-state index contributed by atoms with van der Waals surface area (Å²) < 4.78 is 23.1. The zero-order valence-corrected chi connectivity index (χ0v) is 17.0. The van der Waals surface area contributed by atoms with Crippen molar-refractivity contribution in [2.24, 2.45) is 17.3 Å². The van der Waals surface area contributed by atoms with E-state index in [9.17, 15) is 14.7 Å². The highest BCUT2D eigenvalue weighted by Gasteiger charge is 2.71. The molecule has 3 fully saturated rings. The van der Waals surface area contributed by atoms with E-state index in [1.165, 1.54) is 0 Å². The fraction of sp³-hybridized carbons (Fsp3) is 0.714. The van der Waals surface area contributed by atoms with E-state index in [4.69, 9.17) is 18.9 Å². The van der Waals surface area contributed by atoms with Gasteiger partial charge in [-0.2, -0.15) is 0 Å². The average molecular weight is 392 g/mol. The predicted octanol–water partition coefficient (Wildman–Crippen LogP) is 2.23. The molecule has 28 heavy (non-hydrogen) atoms. The van der Waals surface area contributed by atoms with E-state index < -0.39 is 41.6 Å². The quantitative estimate of drug-likeness (QED) is 0.447. The molecule has 0 aromatic carbocycles. The minimum atomic E-state index is -1.08. The molecule has 4 aliphatic rings. The first-order valence-corrected chi connectivity index (χ1v) is 9.86. The Bertz CT molecular complexity index is 784. The lowest BCUT2D eigenvalue weighted by Crippen LogP contribution is -2.59. The number of esters is 2. The van der Waals surface area contributed by atoms with Crippen LogP contribution in [0.15, 0.2) is 22.8 Å². The molecule has 0 spiro atoms. The van der Waals surface area contributed by atoms with Crippen LogP contribution in [0.1, 0.15) is 47.0 Å². The van der Waals surface area contributed by atoms with Crippen LogP contribution in [0.2, 0.25) is 0 Å². The van der Waals surface area contributed by atoms with Gasteiger partial charge in [-0.15, -0.1) is 0 Å². The normalized spacial score (nSPS) is 44.9. The number of fused-ring (bicyclic) bond motifs is 2. The Hall–Kier alpha value is -1.70. The molecule has 1 N–H and O–H groups in total. The van der Waals surface area contributed by atoms with Gasteiger partial charge in [0.05, 0.1) is 0 Å². The van der Waals surface area contributed by atoms with Crippen LogP contribution in [-0.2, 0) is 28.5 Å². The van der Waals surface area contributed by atoms with Crippen molar-refractivity contribution in [2.45, 2.75) is 71.2 Å². The topological polar surface area (TPSA) is 91.3 Å². The lowest BCUT2D eigenvalue weighted by atomic mass is 9.52. The fourth-order valence-electron chi connectivity index (χ4n) is 5.66. The van der Waals surface area contributed by atoms with Gasteiger partial charge in [-0.25, -0.2) is 4.79 Å². The van der Waals surface area contributed by atoms with Gasteiger partial charge < -0.3 is 24.1 Å². The van der Waals surface area contributed by atoms with Crippen LogP contribution in [0.4, 0.5) is 0 Å². The van der Waals surface area contributed by atoms with Crippen LogP contribution in [0.25, 0.3) is 0 Å². The van der Waals surface area contributed by atoms with E-state index in [0.29, 0.717) is 29.6 Å². The summed E-state index contributed by atoms with van der Waals surface area (Å²) >= 11 is 0. The Morgan fingerprint density at radius 1 is 1.36 bits per heavy atom. The Kier molecular flexibility index (Phi) is 4.48. The molecule has 2 aliphatic carbocycles. The van der Waals surface area contributed by atoms with Crippen molar-refractivity contribution in [1.29, 1.82) is 0 Å². The molecule has 7 nitrogen and oxygen atoms in total. The Labute approximate surface area is 164 Å². The molecule has 2 heterocycles. The van der Waals surface area contributed by atoms with E-state index in [-0.39, 0.29) is 11.9 Å². The maximum absolute atomic E-state index is 13.0. The number of hydrogen-bond acceptors (Lipinski definition) is 7. The summed E-state index contributed by atoms with van der Waals surface area (Å²) in [5.41, 5.74) is 1.30. The molecule has 2 aliphatic heterocycles. The van der Waals surface area contributed by atoms with Crippen LogP contribution in [0, 0.1) is 17.3 Å². The molecule has 1 saturated heterocycles. The first kappa shape index (κ1) is 19.6. The van der Waals surface area contributed by atoms with Crippen molar-refractivity contribution >= 4 is 11.9 Å². The van der Waals surface area contributed by atoms with Crippen molar-refractivity contribution in [2.75, 3.05) is 7.11 Å². The average Bonchev–Trinajstić information content (AvgIpc) is 3.08. The number of aliphatic hydroxyl groups excluding tert-OH is 1.